The average Bonchev–Trinajstić information content (AvgIpc) is 3.31. The van der Waals surface area contributed by atoms with Crippen molar-refractivity contribution in [1.29, 1.82) is 0 Å². The Bertz CT molecular complexity index is 431. The third-order valence-corrected chi connectivity index (χ3v) is 4.81. The summed E-state index contributed by atoms with van der Waals surface area (Å²) in [5.74, 6) is 1.65. The van der Waals surface area contributed by atoms with Crippen LogP contribution in [-0.2, 0) is 6.54 Å². The lowest BCUT2D eigenvalue weighted by Crippen LogP contribution is -2.15. The summed E-state index contributed by atoms with van der Waals surface area (Å²) in [6.07, 6.45) is 7.70. The summed E-state index contributed by atoms with van der Waals surface area (Å²) in [5, 5.41) is 3.54. The van der Waals surface area contributed by atoms with Crippen LogP contribution in [0.2, 0.25) is 0 Å². The van der Waals surface area contributed by atoms with Crippen molar-refractivity contribution in [3.05, 3.63) is 28.2 Å². The predicted molar refractivity (Wildman–Crippen MR) is 92.8 cm³/mol. The Hall–Kier alpha value is -0.540. The normalized spacial score (nSPS) is 16.0. The minimum atomic E-state index is 0.674. The predicted octanol–water partition coefficient (Wildman–Crippen LogP) is 5.30. The number of rotatable bonds is 10. The van der Waals surface area contributed by atoms with E-state index in [1.54, 1.807) is 0 Å². The average molecular weight is 354 g/mol. The molecule has 1 saturated carbocycles. The number of nitrogens with one attached hydrogen (secondary N) is 1. The van der Waals surface area contributed by atoms with Crippen LogP contribution in [0.3, 0.4) is 0 Å². The molecule has 0 radical (unpaired) electrons. The molecule has 1 aliphatic rings. The third-order valence-electron chi connectivity index (χ3n) is 4.19. The third kappa shape index (κ3) is 5.99. The quantitative estimate of drug-likeness (QED) is 0.616. The minimum Gasteiger partial charge on any atom is -0.492 e. The molecule has 1 aliphatic carbocycles. The SMILES string of the molecule is CCCCC(CC)COc1ccc(CNC2CC2)cc1Br. The molecule has 2 rings (SSSR count). The summed E-state index contributed by atoms with van der Waals surface area (Å²) in [5.41, 5.74) is 1.32. The molecule has 21 heavy (non-hydrogen) atoms. The van der Waals surface area contributed by atoms with Gasteiger partial charge in [-0.05, 0) is 58.8 Å². The summed E-state index contributed by atoms with van der Waals surface area (Å²) < 4.78 is 7.08. The first-order valence-electron chi connectivity index (χ1n) is 8.37. The Morgan fingerprint density at radius 3 is 2.76 bits per heavy atom. The molecule has 1 fully saturated rings. The number of benzene rings is 1. The van der Waals surface area contributed by atoms with E-state index < -0.39 is 0 Å². The number of hydrogen-bond acceptors (Lipinski definition) is 2. The van der Waals surface area contributed by atoms with Crippen LogP contribution in [0.4, 0.5) is 0 Å². The highest BCUT2D eigenvalue weighted by molar-refractivity contribution is 9.10. The van der Waals surface area contributed by atoms with Crippen LogP contribution in [0.5, 0.6) is 5.75 Å². The highest BCUT2D eigenvalue weighted by atomic mass is 79.9. The van der Waals surface area contributed by atoms with Gasteiger partial charge in [-0.15, -0.1) is 0 Å². The summed E-state index contributed by atoms with van der Waals surface area (Å²) in [6, 6.07) is 7.20. The van der Waals surface area contributed by atoms with E-state index in [1.165, 1.54) is 44.1 Å². The molecule has 0 spiro atoms. The maximum absolute atomic E-state index is 6.01. The van der Waals surface area contributed by atoms with Crippen LogP contribution in [0.25, 0.3) is 0 Å². The highest BCUT2D eigenvalue weighted by Crippen LogP contribution is 2.28. The van der Waals surface area contributed by atoms with Crippen molar-refractivity contribution in [1.82, 2.24) is 5.32 Å². The highest BCUT2D eigenvalue weighted by Gasteiger charge is 2.20. The monoisotopic (exact) mass is 353 g/mol. The van der Waals surface area contributed by atoms with Gasteiger partial charge < -0.3 is 10.1 Å². The lowest BCUT2D eigenvalue weighted by Gasteiger charge is -2.16. The molecule has 3 heteroatoms. The molecule has 1 aromatic rings. The van der Waals surface area contributed by atoms with Crippen LogP contribution in [0.15, 0.2) is 22.7 Å². The van der Waals surface area contributed by atoms with Crippen LogP contribution < -0.4 is 10.1 Å². The standard InChI is InChI=1S/C18H28BrNO/c1-3-5-6-14(4-2)13-21-18-10-7-15(11-17(18)19)12-20-16-8-9-16/h7,10-11,14,16,20H,3-6,8-9,12-13H2,1-2H3. The number of halogens is 1. The van der Waals surface area contributed by atoms with Gasteiger partial charge in [-0.25, -0.2) is 0 Å². The van der Waals surface area contributed by atoms with Crippen LogP contribution >= 0.6 is 15.9 Å². The van der Waals surface area contributed by atoms with E-state index >= 15 is 0 Å². The molecule has 1 N–H and O–H groups in total. The second-order valence-electron chi connectivity index (χ2n) is 6.15. The molecular formula is C18H28BrNO. The molecule has 1 unspecified atom stereocenters. The summed E-state index contributed by atoms with van der Waals surface area (Å²) in [7, 11) is 0. The molecule has 0 aromatic heterocycles. The van der Waals surface area contributed by atoms with Crippen molar-refractivity contribution in [2.45, 2.75) is 65.0 Å². The van der Waals surface area contributed by atoms with Crippen LogP contribution in [0.1, 0.15) is 57.9 Å². The first-order valence-corrected chi connectivity index (χ1v) is 9.16. The van der Waals surface area contributed by atoms with Gasteiger partial charge in [-0.1, -0.05) is 39.2 Å². The van der Waals surface area contributed by atoms with E-state index in [9.17, 15) is 0 Å². The zero-order valence-electron chi connectivity index (χ0n) is 13.3. The molecule has 0 amide bonds. The minimum absolute atomic E-state index is 0.674. The Morgan fingerprint density at radius 2 is 2.14 bits per heavy atom. The van der Waals surface area contributed by atoms with E-state index in [0.29, 0.717) is 5.92 Å². The van der Waals surface area contributed by atoms with Crippen molar-refractivity contribution < 1.29 is 4.74 Å². The van der Waals surface area contributed by atoms with Gasteiger partial charge in [0.25, 0.3) is 0 Å². The van der Waals surface area contributed by atoms with Gasteiger partial charge in [0.15, 0.2) is 0 Å². The molecule has 0 heterocycles. The fraction of sp³-hybridized carbons (Fsp3) is 0.667. The van der Waals surface area contributed by atoms with Crippen molar-refractivity contribution in [2.75, 3.05) is 6.61 Å². The molecule has 0 saturated heterocycles. The number of ether oxygens (including phenoxy) is 1. The Morgan fingerprint density at radius 1 is 1.33 bits per heavy atom. The Kier molecular flexibility index (Phi) is 7.05. The van der Waals surface area contributed by atoms with Gasteiger partial charge in [-0.2, -0.15) is 0 Å². The number of hydrogen-bond donors (Lipinski definition) is 1. The van der Waals surface area contributed by atoms with Gasteiger partial charge in [0.1, 0.15) is 5.75 Å². The Balaban J connectivity index is 1.81. The van der Waals surface area contributed by atoms with Crippen LogP contribution in [0, 0.1) is 5.92 Å². The maximum Gasteiger partial charge on any atom is 0.133 e. The topological polar surface area (TPSA) is 21.3 Å². The lowest BCUT2D eigenvalue weighted by atomic mass is 10.0. The van der Waals surface area contributed by atoms with E-state index in [1.807, 2.05) is 0 Å². The van der Waals surface area contributed by atoms with Gasteiger partial charge in [-0.3, -0.25) is 0 Å². The zero-order chi connectivity index (χ0) is 15.1. The molecule has 118 valence electrons. The molecule has 0 bridgehead atoms. The maximum atomic E-state index is 6.01. The first kappa shape index (κ1) is 16.8. The molecule has 1 aromatic carbocycles. The zero-order valence-corrected chi connectivity index (χ0v) is 14.9. The van der Waals surface area contributed by atoms with E-state index in [-0.39, 0.29) is 0 Å². The van der Waals surface area contributed by atoms with Crippen molar-refractivity contribution in [3.8, 4) is 5.75 Å². The Labute approximate surface area is 137 Å². The van der Waals surface area contributed by atoms with Crippen molar-refractivity contribution in [2.24, 2.45) is 5.92 Å². The molecule has 0 aliphatic heterocycles. The van der Waals surface area contributed by atoms with E-state index in [2.05, 4.69) is 53.3 Å². The summed E-state index contributed by atoms with van der Waals surface area (Å²) in [6.45, 7) is 6.29. The molecular weight excluding hydrogens is 326 g/mol. The second-order valence-corrected chi connectivity index (χ2v) is 7.00. The van der Waals surface area contributed by atoms with Gasteiger partial charge in [0.2, 0.25) is 0 Å². The van der Waals surface area contributed by atoms with Crippen LogP contribution in [-0.4, -0.2) is 12.6 Å². The van der Waals surface area contributed by atoms with E-state index in [4.69, 9.17) is 4.74 Å². The molecule has 2 nitrogen and oxygen atoms in total. The summed E-state index contributed by atoms with van der Waals surface area (Å²) >= 11 is 3.64. The lowest BCUT2D eigenvalue weighted by molar-refractivity contribution is 0.232. The van der Waals surface area contributed by atoms with Gasteiger partial charge in [0.05, 0.1) is 11.1 Å². The van der Waals surface area contributed by atoms with Gasteiger partial charge in [0, 0.05) is 12.6 Å². The first-order chi connectivity index (χ1) is 10.2. The number of unbranched alkanes of at least 4 members (excludes halogenated alkanes) is 1. The van der Waals surface area contributed by atoms with E-state index in [0.717, 1.165) is 29.4 Å². The van der Waals surface area contributed by atoms with Gasteiger partial charge >= 0.3 is 0 Å². The van der Waals surface area contributed by atoms with Crippen molar-refractivity contribution in [3.63, 3.8) is 0 Å². The summed E-state index contributed by atoms with van der Waals surface area (Å²) in [4.78, 5) is 0. The fourth-order valence-electron chi connectivity index (χ4n) is 2.43. The largest absolute Gasteiger partial charge is 0.492 e. The fourth-order valence-corrected chi connectivity index (χ4v) is 2.97. The second kappa shape index (κ2) is 8.79. The smallest absolute Gasteiger partial charge is 0.133 e. The molecule has 1 atom stereocenters. The van der Waals surface area contributed by atoms with Crippen molar-refractivity contribution >= 4 is 15.9 Å².